The number of hydrogen-bond acceptors (Lipinski definition) is 2. The molecule has 0 saturated heterocycles. The molecule has 1 aromatic rings. The third-order valence-corrected chi connectivity index (χ3v) is 4.16. The molecule has 0 aliphatic carbocycles. The molecule has 1 heterocycles. The minimum Gasteiger partial charge on any atom is -0.492 e. The molecule has 1 aromatic carbocycles. The molecule has 22 heavy (non-hydrogen) atoms. The molecule has 1 aliphatic heterocycles. The van der Waals surface area contributed by atoms with E-state index in [-0.39, 0.29) is 11.3 Å². The Kier molecular flexibility index (Phi) is 5.42. The number of nitrogens with zero attached hydrogens (tertiary/aromatic N) is 1. The summed E-state index contributed by atoms with van der Waals surface area (Å²) in [6.45, 7) is 11.5. The van der Waals surface area contributed by atoms with Crippen LogP contribution in [0.15, 0.2) is 49.6 Å². The van der Waals surface area contributed by atoms with Crippen LogP contribution in [0.5, 0.6) is 5.75 Å². The summed E-state index contributed by atoms with van der Waals surface area (Å²) < 4.78 is 5.75. The first kappa shape index (κ1) is 16.3. The molecule has 1 unspecified atom stereocenters. The Labute approximate surface area is 133 Å². The van der Waals surface area contributed by atoms with Gasteiger partial charge in [0.15, 0.2) is 0 Å². The predicted octanol–water partition coefficient (Wildman–Crippen LogP) is 3.71. The van der Waals surface area contributed by atoms with Gasteiger partial charge < -0.3 is 9.64 Å². The molecule has 2 rings (SSSR count). The summed E-state index contributed by atoms with van der Waals surface area (Å²) in [7, 11) is 0. The van der Waals surface area contributed by atoms with E-state index in [0.29, 0.717) is 19.6 Å². The van der Waals surface area contributed by atoms with Crippen molar-refractivity contribution in [1.82, 2.24) is 4.90 Å². The minimum absolute atomic E-state index is 0.159. The standard InChI is InChI=1S/C19H25NO2/c1-4-6-9-13-20(12-5-2)18(21)14-19(3)15-22-17-11-8-7-10-16(17)19/h4-5,7-8,10-11H,1-2,6,9,12-15H2,3H3. The number of unbranched alkanes of at least 4 members (excludes halogenated alkanes) is 1. The lowest BCUT2D eigenvalue weighted by Crippen LogP contribution is -2.38. The van der Waals surface area contributed by atoms with Crippen LogP contribution in [0.2, 0.25) is 0 Å². The Morgan fingerprint density at radius 3 is 2.86 bits per heavy atom. The van der Waals surface area contributed by atoms with Gasteiger partial charge in [0.25, 0.3) is 0 Å². The summed E-state index contributed by atoms with van der Waals surface area (Å²) in [5, 5.41) is 0. The third-order valence-electron chi connectivity index (χ3n) is 4.16. The van der Waals surface area contributed by atoms with Gasteiger partial charge in [0.05, 0.1) is 6.61 Å². The highest BCUT2D eigenvalue weighted by molar-refractivity contribution is 5.78. The highest BCUT2D eigenvalue weighted by atomic mass is 16.5. The molecule has 0 aromatic heterocycles. The molecule has 0 spiro atoms. The van der Waals surface area contributed by atoms with E-state index in [4.69, 9.17) is 4.74 Å². The number of carbonyl (C=O) groups excluding carboxylic acids is 1. The van der Waals surface area contributed by atoms with Crippen LogP contribution in [-0.4, -0.2) is 30.5 Å². The second-order valence-electron chi connectivity index (χ2n) is 6.08. The van der Waals surface area contributed by atoms with Gasteiger partial charge in [0.1, 0.15) is 5.75 Å². The van der Waals surface area contributed by atoms with Crippen molar-refractivity contribution in [2.75, 3.05) is 19.7 Å². The van der Waals surface area contributed by atoms with Gasteiger partial charge in [-0.2, -0.15) is 0 Å². The molecular formula is C19H25NO2. The fourth-order valence-corrected chi connectivity index (χ4v) is 2.90. The van der Waals surface area contributed by atoms with Crippen molar-refractivity contribution in [3.8, 4) is 5.75 Å². The SMILES string of the molecule is C=CCCCN(CC=C)C(=O)CC1(C)COc2ccccc21. The second kappa shape index (κ2) is 7.30. The maximum atomic E-state index is 12.7. The van der Waals surface area contributed by atoms with Crippen molar-refractivity contribution in [1.29, 1.82) is 0 Å². The number of fused-ring (bicyclic) bond motifs is 1. The van der Waals surface area contributed by atoms with E-state index in [1.807, 2.05) is 29.2 Å². The van der Waals surface area contributed by atoms with Crippen LogP contribution in [0.1, 0.15) is 31.7 Å². The number of rotatable bonds is 8. The van der Waals surface area contributed by atoms with Crippen LogP contribution in [0, 0.1) is 0 Å². The van der Waals surface area contributed by atoms with Crippen LogP contribution >= 0.6 is 0 Å². The molecule has 1 aliphatic rings. The Hall–Kier alpha value is -2.03. The Balaban J connectivity index is 2.06. The van der Waals surface area contributed by atoms with E-state index in [0.717, 1.165) is 30.7 Å². The maximum Gasteiger partial charge on any atom is 0.223 e. The predicted molar refractivity (Wildman–Crippen MR) is 90.1 cm³/mol. The van der Waals surface area contributed by atoms with E-state index < -0.39 is 0 Å². The molecule has 118 valence electrons. The molecule has 3 heteroatoms. The van der Waals surface area contributed by atoms with Gasteiger partial charge >= 0.3 is 0 Å². The lowest BCUT2D eigenvalue weighted by molar-refractivity contribution is -0.132. The van der Waals surface area contributed by atoms with E-state index >= 15 is 0 Å². The van der Waals surface area contributed by atoms with E-state index in [2.05, 4.69) is 26.1 Å². The summed E-state index contributed by atoms with van der Waals surface area (Å²) >= 11 is 0. The van der Waals surface area contributed by atoms with Gasteiger partial charge in [-0.1, -0.05) is 37.3 Å². The largest absolute Gasteiger partial charge is 0.492 e. The zero-order valence-electron chi connectivity index (χ0n) is 13.4. The highest BCUT2D eigenvalue weighted by Gasteiger charge is 2.38. The number of amides is 1. The molecule has 1 atom stereocenters. The molecule has 0 saturated carbocycles. The van der Waals surface area contributed by atoms with Crippen LogP contribution < -0.4 is 4.74 Å². The van der Waals surface area contributed by atoms with Gasteiger partial charge in [0.2, 0.25) is 5.91 Å². The monoisotopic (exact) mass is 299 g/mol. The maximum absolute atomic E-state index is 12.7. The van der Waals surface area contributed by atoms with Crippen molar-refractivity contribution >= 4 is 5.91 Å². The van der Waals surface area contributed by atoms with Gasteiger partial charge in [-0.25, -0.2) is 0 Å². The second-order valence-corrected chi connectivity index (χ2v) is 6.08. The van der Waals surface area contributed by atoms with Crippen LogP contribution in [0.4, 0.5) is 0 Å². The zero-order valence-corrected chi connectivity index (χ0v) is 13.4. The first-order chi connectivity index (χ1) is 10.6. The van der Waals surface area contributed by atoms with Crippen molar-refractivity contribution in [2.45, 2.75) is 31.6 Å². The topological polar surface area (TPSA) is 29.5 Å². The minimum atomic E-state index is -0.245. The molecule has 0 radical (unpaired) electrons. The van der Waals surface area contributed by atoms with Crippen molar-refractivity contribution in [2.24, 2.45) is 0 Å². The number of benzene rings is 1. The van der Waals surface area contributed by atoms with Crippen LogP contribution in [0.25, 0.3) is 0 Å². The van der Waals surface area contributed by atoms with Gasteiger partial charge in [-0.15, -0.1) is 13.2 Å². The smallest absolute Gasteiger partial charge is 0.223 e. The number of allylic oxidation sites excluding steroid dienone is 1. The number of ether oxygens (including phenoxy) is 1. The molecule has 1 amide bonds. The molecule has 0 bridgehead atoms. The Morgan fingerprint density at radius 1 is 1.36 bits per heavy atom. The Morgan fingerprint density at radius 2 is 2.14 bits per heavy atom. The molecule has 0 fully saturated rings. The molecular weight excluding hydrogens is 274 g/mol. The lowest BCUT2D eigenvalue weighted by atomic mass is 9.81. The first-order valence-electron chi connectivity index (χ1n) is 7.82. The number of hydrogen-bond donors (Lipinski definition) is 0. The van der Waals surface area contributed by atoms with Crippen LogP contribution in [0.3, 0.4) is 0 Å². The normalized spacial score (nSPS) is 19.1. The summed E-state index contributed by atoms with van der Waals surface area (Å²) in [6.07, 6.45) is 6.00. The van der Waals surface area contributed by atoms with Crippen molar-refractivity contribution in [3.63, 3.8) is 0 Å². The fourth-order valence-electron chi connectivity index (χ4n) is 2.90. The number of para-hydroxylation sites is 1. The van der Waals surface area contributed by atoms with E-state index in [1.165, 1.54) is 0 Å². The summed E-state index contributed by atoms with van der Waals surface area (Å²) in [5.41, 5.74) is 0.888. The Bertz CT molecular complexity index is 552. The zero-order chi connectivity index (χ0) is 16.0. The lowest BCUT2D eigenvalue weighted by Gasteiger charge is -2.27. The fraction of sp³-hybridized carbons (Fsp3) is 0.421. The highest BCUT2D eigenvalue weighted by Crippen LogP contribution is 2.40. The van der Waals surface area contributed by atoms with E-state index in [9.17, 15) is 4.79 Å². The van der Waals surface area contributed by atoms with Gasteiger partial charge in [0, 0.05) is 30.5 Å². The average Bonchev–Trinajstić information content (AvgIpc) is 2.84. The van der Waals surface area contributed by atoms with Crippen LogP contribution in [-0.2, 0) is 10.2 Å². The van der Waals surface area contributed by atoms with Crippen molar-refractivity contribution in [3.05, 3.63) is 55.1 Å². The van der Waals surface area contributed by atoms with Gasteiger partial charge in [-0.05, 0) is 18.9 Å². The molecule has 0 N–H and O–H groups in total. The van der Waals surface area contributed by atoms with Gasteiger partial charge in [-0.3, -0.25) is 4.79 Å². The first-order valence-corrected chi connectivity index (χ1v) is 7.82. The summed E-state index contributed by atoms with van der Waals surface area (Å²) in [4.78, 5) is 14.6. The third kappa shape index (κ3) is 3.59. The summed E-state index contributed by atoms with van der Waals surface area (Å²) in [5.74, 6) is 1.06. The quantitative estimate of drug-likeness (QED) is 0.541. The van der Waals surface area contributed by atoms with E-state index in [1.54, 1.807) is 6.08 Å². The van der Waals surface area contributed by atoms with Crippen molar-refractivity contribution < 1.29 is 9.53 Å². The summed E-state index contributed by atoms with van der Waals surface area (Å²) in [6, 6.07) is 8.00. The molecule has 3 nitrogen and oxygen atoms in total. The average molecular weight is 299 g/mol. The number of carbonyl (C=O) groups is 1.